The number of hydrogen-bond donors (Lipinski definition) is 1. The molecule has 0 amide bonds. The molecule has 7 nitrogen and oxygen atoms in total. The molecular formula is C26H31ClN6O. The van der Waals surface area contributed by atoms with Crippen LogP contribution in [0, 0.1) is 0 Å². The topological polar surface area (TPSA) is 81.4 Å². The van der Waals surface area contributed by atoms with Gasteiger partial charge < -0.3 is 0 Å². The molecule has 2 heterocycles. The first-order valence-corrected chi connectivity index (χ1v) is 12.4. The smallest absolute Gasteiger partial charge is 0.290 e. The van der Waals surface area contributed by atoms with Crippen LogP contribution in [0.3, 0.4) is 0 Å². The van der Waals surface area contributed by atoms with E-state index in [9.17, 15) is 4.79 Å². The Morgan fingerprint density at radius 2 is 1.65 bits per heavy atom. The fourth-order valence-electron chi connectivity index (χ4n) is 4.25. The molecule has 0 saturated heterocycles. The van der Waals surface area contributed by atoms with Crippen LogP contribution in [0.25, 0.3) is 22.5 Å². The van der Waals surface area contributed by atoms with Crippen LogP contribution >= 0.6 is 11.6 Å². The number of imidazole rings is 1. The van der Waals surface area contributed by atoms with Gasteiger partial charge >= 0.3 is 5.69 Å². The molecule has 0 unspecified atom stereocenters. The molecule has 0 aliphatic carbocycles. The minimum atomic E-state index is -0.0151. The molecule has 4 rings (SSSR count). The lowest BCUT2D eigenvalue weighted by atomic mass is 9.98. The lowest BCUT2D eigenvalue weighted by molar-refractivity contribution is 0.573. The first-order chi connectivity index (χ1) is 16.6. The normalized spacial score (nSPS) is 11.3. The molecular weight excluding hydrogens is 448 g/mol. The Hall–Kier alpha value is -3.19. The van der Waals surface area contributed by atoms with E-state index in [0.29, 0.717) is 24.1 Å². The van der Waals surface area contributed by atoms with Gasteiger partial charge in [0.1, 0.15) is 5.15 Å². The van der Waals surface area contributed by atoms with Gasteiger partial charge in [-0.3, -0.25) is 9.13 Å². The second-order valence-corrected chi connectivity index (χ2v) is 8.90. The first kappa shape index (κ1) is 24.0. The summed E-state index contributed by atoms with van der Waals surface area (Å²) in [5.74, 6) is 0.561. The van der Waals surface area contributed by atoms with Crippen molar-refractivity contribution in [2.45, 2.75) is 65.5 Å². The maximum atomic E-state index is 13.3. The molecule has 0 saturated carbocycles. The maximum Gasteiger partial charge on any atom is 0.329 e. The number of benzene rings is 2. The molecule has 0 spiro atoms. The highest BCUT2D eigenvalue weighted by molar-refractivity contribution is 6.30. The predicted octanol–water partition coefficient (Wildman–Crippen LogP) is 5.73. The van der Waals surface area contributed by atoms with Crippen molar-refractivity contribution in [1.29, 1.82) is 0 Å². The number of halogens is 1. The summed E-state index contributed by atoms with van der Waals surface area (Å²) in [7, 11) is 0. The zero-order valence-corrected chi connectivity index (χ0v) is 20.6. The molecule has 178 valence electrons. The first-order valence-electron chi connectivity index (χ1n) is 12.0. The van der Waals surface area contributed by atoms with Gasteiger partial charge in [0.2, 0.25) is 5.82 Å². The van der Waals surface area contributed by atoms with Crippen molar-refractivity contribution in [1.82, 2.24) is 29.8 Å². The lowest BCUT2D eigenvalue weighted by Crippen LogP contribution is -2.25. The van der Waals surface area contributed by atoms with Crippen LogP contribution in [-0.2, 0) is 19.5 Å². The van der Waals surface area contributed by atoms with Crippen LogP contribution in [0.1, 0.15) is 57.2 Å². The average Bonchev–Trinajstić information content (AvgIpc) is 3.47. The molecule has 2 aromatic carbocycles. The van der Waals surface area contributed by atoms with Crippen LogP contribution in [0.5, 0.6) is 0 Å². The van der Waals surface area contributed by atoms with Crippen molar-refractivity contribution < 1.29 is 0 Å². The van der Waals surface area contributed by atoms with E-state index >= 15 is 0 Å². The number of aromatic nitrogens is 6. The zero-order valence-electron chi connectivity index (χ0n) is 19.8. The molecule has 0 aliphatic heterocycles. The Morgan fingerprint density at radius 1 is 0.912 bits per heavy atom. The van der Waals surface area contributed by atoms with Crippen LogP contribution < -0.4 is 5.69 Å². The minimum absolute atomic E-state index is 0.0151. The third-order valence-electron chi connectivity index (χ3n) is 6.13. The zero-order chi connectivity index (χ0) is 23.9. The van der Waals surface area contributed by atoms with Crippen molar-refractivity contribution in [2.24, 2.45) is 0 Å². The fourth-order valence-corrected chi connectivity index (χ4v) is 4.60. The van der Waals surface area contributed by atoms with E-state index in [4.69, 9.17) is 11.6 Å². The van der Waals surface area contributed by atoms with E-state index in [0.717, 1.165) is 66.5 Å². The van der Waals surface area contributed by atoms with Crippen molar-refractivity contribution in [3.63, 3.8) is 0 Å². The third kappa shape index (κ3) is 5.14. The second-order valence-electron chi connectivity index (χ2n) is 8.55. The Balaban J connectivity index is 1.62. The molecule has 2 aromatic heterocycles. The lowest BCUT2D eigenvalue weighted by Gasteiger charge is -2.10. The molecule has 34 heavy (non-hydrogen) atoms. The number of H-pyrrole nitrogens is 1. The monoisotopic (exact) mass is 478 g/mol. The quantitative estimate of drug-likeness (QED) is 0.279. The van der Waals surface area contributed by atoms with Gasteiger partial charge in [-0.2, -0.15) is 5.21 Å². The largest absolute Gasteiger partial charge is 0.329 e. The Morgan fingerprint density at radius 3 is 2.32 bits per heavy atom. The standard InChI is InChI=1S/C26H31ClN6O/c1-3-5-9-17-32-24(27)23(12-6-4-2)33(26(32)34)18-19-13-15-20(16-14-19)21-10-7-8-11-22(21)25-28-30-31-29-25/h7-8,10-11,13-16H,3-6,9,12,17-18H2,1-2H3,(H,28,29,30,31). The van der Waals surface area contributed by atoms with Gasteiger partial charge in [-0.15, -0.1) is 10.2 Å². The third-order valence-corrected chi connectivity index (χ3v) is 6.56. The van der Waals surface area contributed by atoms with E-state index in [1.165, 1.54) is 0 Å². The Labute approximate surface area is 204 Å². The second kappa shape index (κ2) is 11.3. The molecule has 0 radical (unpaired) electrons. The number of nitrogens with zero attached hydrogens (tertiary/aromatic N) is 5. The van der Waals surface area contributed by atoms with E-state index in [2.05, 4.69) is 58.7 Å². The number of tetrazole rings is 1. The number of unbranched alkanes of at least 4 members (excludes halogenated alkanes) is 3. The molecule has 0 aliphatic rings. The summed E-state index contributed by atoms with van der Waals surface area (Å²) in [6.07, 6.45) is 6.02. The minimum Gasteiger partial charge on any atom is -0.290 e. The van der Waals surface area contributed by atoms with E-state index in [1.54, 1.807) is 4.57 Å². The number of aromatic amines is 1. The van der Waals surface area contributed by atoms with Crippen LogP contribution in [-0.4, -0.2) is 29.8 Å². The highest BCUT2D eigenvalue weighted by atomic mass is 35.5. The average molecular weight is 479 g/mol. The van der Waals surface area contributed by atoms with Crippen LogP contribution in [0.15, 0.2) is 53.3 Å². The number of rotatable bonds is 11. The highest BCUT2D eigenvalue weighted by Gasteiger charge is 2.18. The van der Waals surface area contributed by atoms with Crippen LogP contribution in [0.2, 0.25) is 5.15 Å². The summed E-state index contributed by atoms with van der Waals surface area (Å²) in [6.45, 7) is 5.49. The molecule has 0 bridgehead atoms. The summed E-state index contributed by atoms with van der Waals surface area (Å²) in [5, 5.41) is 15.0. The molecule has 0 fully saturated rings. The predicted molar refractivity (Wildman–Crippen MR) is 136 cm³/mol. The summed E-state index contributed by atoms with van der Waals surface area (Å²) in [5.41, 5.74) is 4.98. The van der Waals surface area contributed by atoms with Gasteiger partial charge in [0.15, 0.2) is 0 Å². The van der Waals surface area contributed by atoms with Crippen LogP contribution in [0.4, 0.5) is 0 Å². The van der Waals surface area contributed by atoms with Gasteiger partial charge in [0.05, 0.1) is 12.2 Å². The summed E-state index contributed by atoms with van der Waals surface area (Å²) < 4.78 is 3.60. The van der Waals surface area contributed by atoms with Crippen molar-refractivity contribution >= 4 is 11.6 Å². The molecule has 0 atom stereocenters. The van der Waals surface area contributed by atoms with Gasteiger partial charge in [0.25, 0.3) is 0 Å². The van der Waals surface area contributed by atoms with E-state index in [-0.39, 0.29) is 5.69 Å². The summed E-state index contributed by atoms with van der Waals surface area (Å²) >= 11 is 6.71. The molecule has 1 N–H and O–H groups in total. The fraction of sp³-hybridized carbons (Fsp3) is 0.385. The van der Waals surface area contributed by atoms with E-state index < -0.39 is 0 Å². The van der Waals surface area contributed by atoms with Gasteiger partial charge in [-0.05, 0) is 41.2 Å². The van der Waals surface area contributed by atoms with Crippen molar-refractivity contribution in [2.75, 3.05) is 0 Å². The SMILES string of the molecule is CCCCCn1c(Cl)c(CCCC)n(Cc2ccc(-c3ccccc3-c3nn[nH]n3)cc2)c1=O. The van der Waals surface area contributed by atoms with Gasteiger partial charge in [0, 0.05) is 12.1 Å². The maximum absolute atomic E-state index is 13.3. The van der Waals surface area contributed by atoms with Crippen molar-refractivity contribution in [3.05, 3.63) is 75.4 Å². The van der Waals surface area contributed by atoms with Crippen molar-refractivity contribution in [3.8, 4) is 22.5 Å². The van der Waals surface area contributed by atoms with Gasteiger partial charge in [-0.25, -0.2) is 4.79 Å². The number of nitrogens with one attached hydrogen (secondary N) is 1. The van der Waals surface area contributed by atoms with E-state index in [1.807, 2.05) is 28.8 Å². The number of hydrogen-bond acceptors (Lipinski definition) is 4. The Kier molecular flexibility index (Phi) is 7.95. The van der Waals surface area contributed by atoms with Gasteiger partial charge in [-0.1, -0.05) is 93.2 Å². The molecule has 4 aromatic rings. The summed E-state index contributed by atoms with van der Waals surface area (Å²) in [4.78, 5) is 13.3. The Bertz CT molecular complexity index is 1260. The molecule has 8 heteroatoms. The highest BCUT2D eigenvalue weighted by Crippen LogP contribution is 2.30. The summed E-state index contributed by atoms with van der Waals surface area (Å²) in [6, 6.07) is 16.3.